The van der Waals surface area contributed by atoms with E-state index in [1.807, 2.05) is 22.8 Å². The Morgan fingerprint density at radius 3 is 2.61 bits per heavy atom. The standard InChI is InChI=1S/C25H35N7O/c1-30-23(33)21-22(28-24(30)27-15-18-9-4-2-5-10-18)29-25(31-14-8-13-20(26)17-31)32(21)16-19-11-6-3-7-12-19/h3,6-7,11-12,18,20H,2,4-5,8-10,13-17,26H2,1H3,(H,27,28). The van der Waals surface area contributed by atoms with E-state index in [9.17, 15) is 4.79 Å². The van der Waals surface area contributed by atoms with Crippen LogP contribution < -0.4 is 21.5 Å². The van der Waals surface area contributed by atoms with Crippen molar-refractivity contribution >= 4 is 23.1 Å². The van der Waals surface area contributed by atoms with E-state index in [-0.39, 0.29) is 11.6 Å². The van der Waals surface area contributed by atoms with E-state index in [4.69, 9.17) is 15.7 Å². The van der Waals surface area contributed by atoms with Crippen molar-refractivity contribution in [2.75, 3.05) is 29.9 Å². The molecule has 3 aromatic rings. The van der Waals surface area contributed by atoms with E-state index in [0.717, 1.165) is 44.0 Å². The summed E-state index contributed by atoms with van der Waals surface area (Å²) in [5, 5.41) is 3.45. The molecule has 8 nitrogen and oxygen atoms in total. The fourth-order valence-corrected chi connectivity index (χ4v) is 5.28. The number of nitrogens with one attached hydrogen (secondary N) is 1. The van der Waals surface area contributed by atoms with Gasteiger partial charge in [0.1, 0.15) is 0 Å². The second kappa shape index (κ2) is 9.55. The molecule has 176 valence electrons. The summed E-state index contributed by atoms with van der Waals surface area (Å²) in [5.41, 5.74) is 8.40. The summed E-state index contributed by atoms with van der Waals surface area (Å²) in [7, 11) is 1.80. The van der Waals surface area contributed by atoms with Gasteiger partial charge in [0, 0.05) is 32.7 Å². The Kier molecular flexibility index (Phi) is 6.35. The molecule has 0 spiro atoms. The molecule has 1 saturated heterocycles. The highest BCUT2D eigenvalue weighted by atomic mass is 16.1. The van der Waals surface area contributed by atoms with Crippen LogP contribution in [0.2, 0.25) is 0 Å². The second-order valence-corrected chi connectivity index (χ2v) is 9.69. The molecular weight excluding hydrogens is 414 g/mol. The molecular formula is C25H35N7O. The molecule has 1 saturated carbocycles. The smallest absolute Gasteiger partial charge is 0.281 e. The number of piperidine rings is 1. The van der Waals surface area contributed by atoms with Gasteiger partial charge < -0.3 is 16.0 Å². The molecule has 0 bridgehead atoms. The van der Waals surface area contributed by atoms with E-state index in [1.165, 1.54) is 32.1 Å². The predicted octanol–water partition coefficient (Wildman–Crippen LogP) is 3.10. The fraction of sp³-hybridized carbons (Fsp3) is 0.560. The van der Waals surface area contributed by atoms with Crippen LogP contribution in [0.5, 0.6) is 0 Å². The summed E-state index contributed by atoms with van der Waals surface area (Å²) < 4.78 is 3.67. The van der Waals surface area contributed by atoms with Crippen LogP contribution in [-0.4, -0.2) is 44.8 Å². The number of anilines is 2. The van der Waals surface area contributed by atoms with Crippen LogP contribution in [-0.2, 0) is 13.6 Å². The normalized spacial score (nSPS) is 19.8. The molecule has 0 amide bonds. The summed E-state index contributed by atoms with van der Waals surface area (Å²) in [4.78, 5) is 25.5. The second-order valence-electron chi connectivity index (χ2n) is 9.69. The van der Waals surface area contributed by atoms with E-state index in [0.29, 0.717) is 29.6 Å². The van der Waals surface area contributed by atoms with Gasteiger partial charge in [0.15, 0.2) is 11.2 Å². The summed E-state index contributed by atoms with van der Waals surface area (Å²) in [6.45, 7) is 3.05. The number of benzene rings is 1. The highest BCUT2D eigenvalue weighted by Crippen LogP contribution is 2.26. The molecule has 33 heavy (non-hydrogen) atoms. The van der Waals surface area contributed by atoms with Crippen molar-refractivity contribution in [2.24, 2.45) is 18.7 Å². The molecule has 8 heteroatoms. The van der Waals surface area contributed by atoms with Gasteiger partial charge in [-0.3, -0.25) is 13.9 Å². The number of fused-ring (bicyclic) bond motifs is 1. The Morgan fingerprint density at radius 1 is 1.06 bits per heavy atom. The zero-order chi connectivity index (χ0) is 22.8. The number of hydrogen-bond donors (Lipinski definition) is 2. The van der Waals surface area contributed by atoms with E-state index in [2.05, 4.69) is 22.3 Å². The summed E-state index contributed by atoms with van der Waals surface area (Å²) in [6.07, 6.45) is 8.45. The average Bonchev–Trinajstić information content (AvgIpc) is 3.20. The molecule has 2 aromatic heterocycles. The van der Waals surface area contributed by atoms with Gasteiger partial charge >= 0.3 is 0 Å². The first-order valence-corrected chi connectivity index (χ1v) is 12.4. The van der Waals surface area contributed by atoms with Gasteiger partial charge in [-0.1, -0.05) is 49.6 Å². The number of rotatable bonds is 6. The lowest BCUT2D eigenvalue weighted by molar-refractivity contribution is 0.372. The van der Waals surface area contributed by atoms with Crippen LogP contribution in [0, 0.1) is 5.92 Å². The van der Waals surface area contributed by atoms with Crippen molar-refractivity contribution in [1.82, 2.24) is 19.1 Å². The Labute approximate surface area is 194 Å². The molecule has 5 rings (SSSR count). The third-order valence-corrected chi connectivity index (χ3v) is 7.16. The van der Waals surface area contributed by atoms with Gasteiger partial charge in [-0.15, -0.1) is 0 Å². The SMILES string of the molecule is Cn1c(NCC2CCCCC2)nc2nc(N3CCCC(N)C3)n(Cc3ccccc3)c2c1=O. The Hall–Kier alpha value is -2.87. The van der Waals surface area contributed by atoms with Crippen molar-refractivity contribution in [3.8, 4) is 0 Å². The van der Waals surface area contributed by atoms with Gasteiger partial charge in [-0.05, 0) is 37.2 Å². The third-order valence-electron chi connectivity index (χ3n) is 7.16. The quantitative estimate of drug-likeness (QED) is 0.601. The zero-order valence-electron chi connectivity index (χ0n) is 19.5. The molecule has 0 radical (unpaired) electrons. The van der Waals surface area contributed by atoms with Gasteiger partial charge in [0.25, 0.3) is 5.56 Å². The first-order valence-electron chi connectivity index (χ1n) is 12.4. The van der Waals surface area contributed by atoms with Crippen molar-refractivity contribution in [3.05, 3.63) is 46.2 Å². The molecule has 1 aliphatic carbocycles. The minimum absolute atomic E-state index is 0.0675. The van der Waals surface area contributed by atoms with Crippen molar-refractivity contribution in [1.29, 1.82) is 0 Å². The zero-order valence-corrected chi connectivity index (χ0v) is 19.5. The van der Waals surface area contributed by atoms with Crippen LogP contribution in [0.25, 0.3) is 11.2 Å². The van der Waals surface area contributed by atoms with Crippen LogP contribution in [0.15, 0.2) is 35.1 Å². The molecule has 3 N–H and O–H groups in total. The lowest BCUT2D eigenvalue weighted by Gasteiger charge is -2.31. The highest BCUT2D eigenvalue weighted by Gasteiger charge is 2.26. The number of hydrogen-bond acceptors (Lipinski definition) is 6. The number of imidazole rings is 1. The number of nitrogens with two attached hydrogens (primary N) is 1. The van der Waals surface area contributed by atoms with Gasteiger partial charge in [-0.2, -0.15) is 9.97 Å². The lowest BCUT2D eigenvalue weighted by Crippen LogP contribution is -2.44. The lowest BCUT2D eigenvalue weighted by atomic mass is 9.89. The first-order chi connectivity index (χ1) is 16.1. The van der Waals surface area contributed by atoms with Crippen LogP contribution in [0.3, 0.4) is 0 Å². The maximum atomic E-state index is 13.6. The first kappa shape index (κ1) is 21.9. The Balaban J connectivity index is 1.54. The molecule has 1 aromatic carbocycles. The summed E-state index contributed by atoms with van der Waals surface area (Å²) in [6, 6.07) is 10.3. The van der Waals surface area contributed by atoms with E-state index >= 15 is 0 Å². The third kappa shape index (κ3) is 4.62. The maximum Gasteiger partial charge on any atom is 0.281 e. The summed E-state index contributed by atoms with van der Waals surface area (Å²) >= 11 is 0. The topological polar surface area (TPSA) is 94.0 Å². The van der Waals surface area contributed by atoms with Crippen molar-refractivity contribution < 1.29 is 0 Å². The summed E-state index contributed by atoms with van der Waals surface area (Å²) in [5.74, 6) is 2.04. The maximum absolute atomic E-state index is 13.6. The molecule has 2 fully saturated rings. The number of nitrogens with zero attached hydrogens (tertiary/aromatic N) is 5. The van der Waals surface area contributed by atoms with Crippen LogP contribution in [0.4, 0.5) is 11.9 Å². The molecule has 2 aliphatic rings. The van der Waals surface area contributed by atoms with Crippen molar-refractivity contribution in [2.45, 2.75) is 57.5 Å². The minimum atomic E-state index is -0.0675. The average molecular weight is 450 g/mol. The molecule has 1 aliphatic heterocycles. The Bertz CT molecular complexity index is 1150. The van der Waals surface area contributed by atoms with Gasteiger partial charge in [0.2, 0.25) is 11.9 Å². The monoisotopic (exact) mass is 449 g/mol. The van der Waals surface area contributed by atoms with Gasteiger partial charge in [0.05, 0.1) is 6.54 Å². The molecule has 1 atom stereocenters. The van der Waals surface area contributed by atoms with E-state index < -0.39 is 0 Å². The van der Waals surface area contributed by atoms with Gasteiger partial charge in [-0.25, -0.2) is 0 Å². The van der Waals surface area contributed by atoms with E-state index in [1.54, 1.807) is 11.6 Å². The van der Waals surface area contributed by atoms with Crippen LogP contribution in [0.1, 0.15) is 50.5 Å². The largest absolute Gasteiger partial charge is 0.355 e. The highest BCUT2D eigenvalue weighted by molar-refractivity contribution is 5.75. The minimum Gasteiger partial charge on any atom is -0.355 e. The van der Waals surface area contributed by atoms with Crippen molar-refractivity contribution in [3.63, 3.8) is 0 Å². The van der Waals surface area contributed by atoms with Crippen LogP contribution >= 0.6 is 0 Å². The predicted molar refractivity (Wildman–Crippen MR) is 133 cm³/mol. The molecule has 1 unspecified atom stereocenters. The molecule has 3 heterocycles. The fourth-order valence-electron chi connectivity index (χ4n) is 5.28. The number of aromatic nitrogens is 4. The Morgan fingerprint density at radius 2 is 1.85 bits per heavy atom.